The highest BCUT2D eigenvalue weighted by atomic mass is 16.5. The molecule has 88 valence electrons. The van der Waals surface area contributed by atoms with E-state index in [-0.39, 0.29) is 5.60 Å². The van der Waals surface area contributed by atoms with Crippen molar-refractivity contribution in [1.29, 1.82) is 0 Å². The quantitative estimate of drug-likeness (QED) is 0.843. The van der Waals surface area contributed by atoms with Crippen LogP contribution in [-0.4, -0.2) is 24.8 Å². The molecule has 1 fully saturated rings. The monoisotopic (exact) mass is 219 g/mol. The molecule has 0 aromatic heterocycles. The van der Waals surface area contributed by atoms with Gasteiger partial charge in [-0.2, -0.15) is 0 Å². The van der Waals surface area contributed by atoms with Gasteiger partial charge < -0.3 is 10.1 Å². The summed E-state index contributed by atoms with van der Waals surface area (Å²) < 4.78 is 6.16. The van der Waals surface area contributed by atoms with Crippen molar-refractivity contribution in [3.63, 3.8) is 0 Å². The first-order valence-corrected chi connectivity index (χ1v) is 6.16. The van der Waals surface area contributed by atoms with E-state index >= 15 is 0 Å². The normalized spacial score (nSPS) is 30.2. The molecule has 1 saturated heterocycles. The molecule has 2 atom stereocenters. The molecule has 0 bridgehead atoms. The highest BCUT2D eigenvalue weighted by molar-refractivity contribution is 5.17. The number of hydrogen-bond donors (Lipinski definition) is 1. The topological polar surface area (TPSA) is 21.3 Å². The van der Waals surface area contributed by atoms with Gasteiger partial charge >= 0.3 is 0 Å². The second-order valence-corrected chi connectivity index (χ2v) is 4.76. The van der Waals surface area contributed by atoms with Gasteiger partial charge in [-0.25, -0.2) is 0 Å². The summed E-state index contributed by atoms with van der Waals surface area (Å²) in [5.41, 5.74) is 1.35. The molecule has 1 aliphatic heterocycles. The molecule has 1 heterocycles. The SMILES string of the molecule is CCC1(Cc2ccccc2)CNCC(C)O1. The number of morpholine rings is 1. The average Bonchev–Trinajstić information content (AvgIpc) is 2.30. The zero-order valence-electron chi connectivity index (χ0n) is 10.2. The van der Waals surface area contributed by atoms with E-state index in [9.17, 15) is 0 Å². The fraction of sp³-hybridized carbons (Fsp3) is 0.571. The van der Waals surface area contributed by atoms with Gasteiger partial charge in [0.1, 0.15) is 0 Å². The van der Waals surface area contributed by atoms with Crippen molar-refractivity contribution in [2.24, 2.45) is 0 Å². The Balaban J connectivity index is 2.10. The van der Waals surface area contributed by atoms with Gasteiger partial charge in [0.05, 0.1) is 11.7 Å². The first kappa shape index (κ1) is 11.6. The van der Waals surface area contributed by atoms with Crippen molar-refractivity contribution in [2.45, 2.75) is 38.4 Å². The summed E-state index contributed by atoms with van der Waals surface area (Å²) >= 11 is 0. The minimum Gasteiger partial charge on any atom is -0.369 e. The zero-order valence-corrected chi connectivity index (χ0v) is 10.2. The summed E-state index contributed by atoms with van der Waals surface area (Å²) in [5.74, 6) is 0. The lowest BCUT2D eigenvalue weighted by Crippen LogP contribution is -2.54. The smallest absolute Gasteiger partial charge is 0.0848 e. The summed E-state index contributed by atoms with van der Waals surface area (Å²) in [7, 11) is 0. The van der Waals surface area contributed by atoms with Gasteiger partial charge in [0.2, 0.25) is 0 Å². The van der Waals surface area contributed by atoms with E-state index in [4.69, 9.17) is 4.74 Å². The molecular formula is C14H21NO. The van der Waals surface area contributed by atoms with Crippen molar-refractivity contribution in [3.8, 4) is 0 Å². The number of ether oxygens (including phenoxy) is 1. The molecule has 2 unspecified atom stereocenters. The summed E-state index contributed by atoms with van der Waals surface area (Å²) in [6.45, 7) is 6.28. The molecule has 0 saturated carbocycles. The van der Waals surface area contributed by atoms with E-state index in [1.807, 2.05) is 0 Å². The predicted molar refractivity (Wildman–Crippen MR) is 66.6 cm³/mol. The first-order chi connectivity index (χ1) is 7.74. The van der Waals surface area contributed by atoms with Crippen LogP contribution in [0.25, 0.3) is 0 Å². The van der Waals surface area contributed by atoms with Crippen LogP contribution in [0.1, 0.15) is 25.8 Å². The highest BCUT2D eigenvalue weighted by Gasteiger charge is 2.34. The van der Waals surface area contributed by atoms with E-state index in [2.05, 4.69) is 49.5 Å². The maximum absolute atomic E-state index is 6.16. The Morgan fingerprint density at radius 2 is 2.12 bits per heavy atom. The van der Waals surface area contributed by atoms with Crippen LogP contribution in [0, 0.1) is 0 Å². The molecule has 0 radical (unpaired) electrons. The van der Waals surface area contributed by atoms with Crippen LogP contribution >= 0.6 is 0 Å². The predicted octanol–water partition coefficient (Wildman–Crippen LogP) is 2.39. The van der Waals surface area contributed by atoms with Gasteiger partial charge in [-0.05, 0) is 18.9 Å². The standard InChI is InChI=1S/C14H21NO/c1-3-14(11-15-10-12(2)16-14)9-13-7-5-4-6-8-13/h4-8,12,15H,3,9-11H2,1-2H3. The minimum atomic E-state index is -0.0149. The Morgan fingerprint density at radius 3 is 2.75 bits per heavy atom. The second kappa shape index (κ2) is 4.98. The van der Waals surface area contributed by atoms with Gasteiger partial charge in [0.15, 0.2) is 0 Å². The fourth-order valence-electron chi connectivity index (χ4n) is 2.42. The largest absolute Gasteiger partial charge is 0.369 e. The molecule has 2 nitrogen and oxygen atoms in total. The molecule has 0 aliphatic carbocycles. The Hall–Kier alpha value is -0.860. The maximum Gasteiger partial charge on any atom is 0.0848 e. The van der Waals surface area contributed by atoms with E-state index in [1.54, 1.807) is 0 Å². The Bertz CT molecular complexity index is 325. The van der Waals surface area contributed by atoms with Crippen LogP contribution < -0.4 is 5.32 Å². The molecule has 1 N–H and O–H groups in total. The van der Waals surface area contributed by atoms with E-state index < -0.39 is 0 Å². The maximum atomic E-state index is 6.16. The molecule has 2 heteroatoms. The zero-order chi connectivity index (χ0) is 11.4. The van der Waals surface area contributed by atoms with Crippen molar-refractivity contribution >= 4 is 0 Å². The van der Waals surface area contributed by atoms with Crippen LogP contribution in [0.4, 0.5) is 0 Å². The summed E-state index contributed by atoms with van der Waals surface area (Å²) in [4.78, 5) is 0. The number of benzene rings is 1. The summed E-state index contributed by atoms with van der Waals surface area (Å²) in [5, 5.41) is 3.47. The van der Waals surface area contributed by atoms with Gasteiger partial charge in [-0.1, -0.05) is 37.3 Å². The van der Waals surface area contributed by atoms with Gasteiger partial charge in [-0.3, -0.25) is 0 Å². The molecular weight excluding hydrogens is 198 g/mol. The molecule has 1 aromatic carbocycles. The molecule has 0 spiro atoms. The second-order valence-electron chi connectivity index (χ2n) is 4.76. The minimum absolute atomic E-state index is 0.0149. The third-order valence-electron chi connectivity index (χ3n) is 3.34. The average molecular weight is 219 g/mol. The first-order valence-electron chi connectivity index (χ1n) is 6.16. The Kier molecular flexibility index (Phi) is 3.62. The molecule has 16 heavy (non-hydrogen) atoms. The molecule has 0 amide bonds. The van der Waals surface area contributed by atoms with Gasteiger partial charge in [0.25, 0.3) is 0 Å². The van der Waals surface area contributed by atoms with Crippen molar-refractivity contribution in [2.75, 3.05) is 13.1 Å². The lowest BCUT2D eigenvalue weighted by molar-refractivity contribution is -0.110. The lowest BCUT2D eigenvalue weighted by atomic mass is 9.90. The summed E-state index contributed by atoms with van der Waals surface area (Å²) in [6, 6.07) is 10.6. The van der Waals surface area contributed by atoms with E-state index in [1.165, 1.54) is 5.56 Å². The Labute approximate surface area is 98.0 Å². The molecule has 1 aliphatic rings. The van der Waals surface area contributed by atoms with Crippen LogP contribution in [-0.2, 0) is 11.2 Å². The van der Waals surface area contributed by atoms with Gasteiger partial charge in [0, 0.05) is 19.5 Å². The third-order valence-corrected chi connectivity index (χ3v) is 3.34. The summed E-state index contributed by atoms with van der Waals surface area (Å²) in [6.07, 6.45) is 2.37. The molecule has 1 aromatic rings. The third kappa shape index (κ3) is 2.63. The Morgan fingerprint density at radius 1 is 1.38 bits per heavy atom. The van der Waals surface area contributed by atoms with Crippen molar-refractivity contribution in [1.82, 2.24) is 5.32 Å². The van der Waals surface area contributed by atoms with Crippen molar-refractivity contribution < 1.29 is 4.74 Å². The van der Waals surface area contributed by atoms with Crippen LogP contribution in [0.3, 0.4) is 0 Å². The number of nitrogens with one attached hydrogen (secondary N) is 1. The van der Waals surface area contributed by atoms with Crippen LogP contribution in [0.15, 0.2) is 30.3 Å². The lowest BCUT2D eigenvalue weighted by Gasteiger charge is -2.40. The molecule has 2 rings (SSSR count). The van der Waals surface area contributed by atoms with E-state index in [0.29, 0.717) is 6.10 Å². The highest BCUT2D eigenvalue weighted by Crippen LogP contribution is 2.25. The fourth-order valence-corrected chi connectivity index (χ4v) is 2.42. The number of hydrogen-bond acceptors (Lipinski definition) is 2. The van der Waals surface area contributed by atoms with Crippen LogP contribution in [0.2, 0.25) is 0 Å². The van der Waals surface area contributed by atoms with Gasteiger partial charge in [-0.15, -0.1) is 0 Å². The number of rotatable bonds is 3. The van der Waals surface area contributed by atoms with Crippen molar-refractivity contribution in [3.05, 3.63) is 35.9 Å². The van der Waals surface area contributed by atoms with E-state index in [0.717, 1.165) is 25.9 Å². The van der Waals surface area contributed by atoms with Crippen LogP contribution in [0.5, 0.6) is 0 Å².